The molecule has 1 fully saturated rings. The Morgan fingerprint density at radius 2 is 2.06 bits per heavy atom. The maximum absolute atomic E-state index is 5.87. The second-order valence-corrected chi connectivity index (χ2v) is 5.37. The van der Waals surface area contributed by atoms with E-state index in [2.05, 4.69) is 30.5 Å². The predicted molar refractivity (Wildman–Crippen MR) is 70.3 cm³/mol. The molecule has 1 aliphatic rings. The zero-order valence-corrected chi connectivity index (χ0v) is 10.8. The highest BCUT2D eigenvalue weighted by Gasteiger charge is 2.13. The van der Waals surface area contributed by atoms with Crippen LogP contribution >= 0.6 is 11.8 Å². The first kappa shape index (κ1) is 11.8. The maximum atomic E-state index is 5.87. The van der Waals surface area contributed by atoms with Crippen molar-refractivity contribution in [1.29, 1.82) is 0 Å². The molecule has 0 aliphatic heterocycles. The summed E-state index contributed by atoms with van der Waals surface area (Å²) in [5.41, 5.74) is 0. The summed E-state index contributed by atoms with van der Waals surface area (Å²) < 4.78 is 5.87. The summed E-state index contributed by atoms with van der Waals surface area (Å²) in [4.78, 5) is 1.28. The monoisotopic (exact) mass is 236 g/mol. The minimum atomic E-state index is 0.784. The molecule has 2 heteroatoms. The third-order valence-electron chi connectivity index (χ3n) is 3.25. The largest absolute Gasteiger partial charge is 0.493 e. The molecule has 1 aliphatic carbocycles. The Hall–Kier alpha value is -0.630. The van der Waals surface area contributed by atoms with Crippen molar-refractivity contribution in [1.82, 2.24) is 0 Å². The summed E-state index contributed by atoms with van der Waals surface area (Å²) in [5, 5.41) is 0. The molecule has 0 aromatic heterocycles. The quantitative estimate of drug-likeness (QED) is 0.718. The second kappa shape index (κ2) is 6.19. The van der Waals surface area contributed by atoms with Gasteiger partial charge in [0.15, 0.2) is 0 Å². The van der Waals surface area contributed by atoms with Crippen LogP contribution in [0.2, 0.25) is 0 Å². The molecule has 0 spiro atoms. The average Bonchev–Trinajstić information content (AvgIpc) is 2.38. The molecule has 0 N–H and O–H groups in total. The summed E-state index contributed by atoms with van der Waals surface area (Å²) in [6.45, 7) is 0.901. The Morgan fingerprint density at radius 1 is 1.25 bits per heavy atom. The summed E-state index contributed by atoms with van der Waals surface area (Å²) in [7, 11) is 0. The van der Waals surface area contributed by atoms with Gasteiger partial charge in [0, 0.05) is 4.90 Å². The van der Waals surface area contributed by atoms with Gasteiger partial charge in [0.2, 0.25) is 0 Å². The molecule has 1 saturated carbocycles. The van der Waals surface area contributed by atoms with Gasteiger partial charge in [-0.3, -0.25) is 0 Å². The molecule has 0 unspecified atom stereocenters. The van der Waals surface area contributed by atoms with Crippen LogP contribution in [0.3, 0.4) is 0 Å². The highest BCUT2D eigenvalue weighted by molar-refractivity contribution is 7.98. The van der Waals surface area contributed by atoms with Gasteiger partial charge in [-0.1, -0.05) is 25.3 Å². The van der Waals surface area contributed by atoms with Gasteiger partial charge in [0.1, 0.15) is 5.75 Å². The van der Waals surface area contributed by atoms with E-state index in [1.54, 1.807) is 11.8 Å². The van der Waals surface area contributed by atoms with Gasteiger partial charge in [-0.2, -0.15) is 0 Å². The lowest BCUT2D eigenvalue weighted by atomic mass is 9.90. The zero-order valence-electron chi connectivity index (χ0n) is 9.95. The number of rotatable bonds is 4. The highest BCUT2D eigenvalue weighted by Crippen LogP contribution is 2.26. The molecule has 88 valence electrons. The van der Waals surface area contributed by atoms with Crippen LogP contribution in [0.15, 0.2) is 29.2 Å². The first-order valence-corrected chi connectivity index (χ1v) is 7.38. The Balaban J connectivity index is 1.83. The third-order valence-corrected chi connectivity index (χ3v) is 3.98. The Kier molecular flexibility index (Phi) is 4.58. The lowest BCUT2D eigenvalue weighted by Crippen LogP contribution is -2.15. The number of ether oxygens (including phenoxy) is 1. The Labute approximate surface area is 103 Å². The molecule has 1 aromatic carbocycles. The Bertz CT molecular complexity index is 318. The van der Waals surface area contributed by atoms with Crippen LogP contribution in [0.25, 0.3) is 0 Å². The molecule has 2 rings (SSSR count). The summed E-state index contributed by atoms with van der Waals surface area (Å²) in [5.74, 6) is 1.81. The molecule has 1 aromatic rings. The molecule has 16 heavy (non-hydrogen) atoms. The topological polar surface area (TPSA) is 9.23 Å². The molecular formula is C14H20OS. The summed E-state index contributed by atoms with van der Waals surface area (Å²) >= 11 is 1.76. The van der Waals surface area contributed by atoms with E-state index in [0.29, 0.717) is 0 Å². The van der Waals surface area contributed by atoms with E-state index in [-0.39, 0.29) is 0 Å². The van der Waals surface area contributed by atoms with Gasteiger partial charge in [-0.25, -0.2) is 0 Å². The van der Waals surface area contributed by atoms with Gasteiger partial charge in [0.25, 0.3) is 0 Å². The fourth-order valence-corrected chi connectivity index (χ4v) is 2.71. The van der Waals surface area contributed by atoms with E-state index in [9.17, 15) is 0 Å². The van der Waals surface area contributed by atoms with Crippen molar-refractivity contribution in [3.05, 3.63) is 24.3 Å². The average molecular weight is 236 g/mol. The normalized spacial score (nSPS) is 17.3. The van der Waals surface area contributed by atoms with E-state index in [1.165, 1.54) is 37.0 Å². The fraction of sp³-hybridized carbons (Fsp3) is 0.571. The SMILES string of the molecule is CSc1cccc(OCC2CCCCC2)c1. The van der Waals surface area contributed by atoms with Gasteiger partial charge in [-0.15, -0.1) is 11.8 Å². The van der Waals surface area contributed by atoms with Crippen molar-refractivity contribution in [3.8, 4) is 5.75 Å². The molecule has 0 radical (unpaired) electrons. The minimum absolute atomic E-state index is 0.784. The molecule has 1 nitrogen and oxygen atoms in total. The highest BCUT2D eigenvalue weighted by atomic mass is 32.2. The molecular weight excluding hydrogens is 216 g/mol. The van der Waals surface area contributed by atoms with Gasteiger partial charge < -0.3 is 4.74 Å². The van der Waals surface area contributed by atoms with Crippen LogP contribution in [0.4, 0.5) is 0 Å². The molecule has 0 atom stereocenters. The molecule has 0 heterocycles. The van der Waals surface area contributed by atoms with Crippen LogP contribution in [-0.4, -0.2) is 12.9 Å². The van der Waals surface area contributed by atoms with Gasteiger partial charge in [-0.05, 0) is 43.2 Å². The van der Waals surface area contributed by atoms with Crippen LogP contribution < -0.4 is 4.74 Å². The smallest absolute Gasteiger partial charge is 0.120 e. The maximum Gasteiger partial charge on any atom is 0.120 e. The summed E-state index contributed by atoms with van der Waals surface area (Å²) in [6.07, 6.45) is 8.99. The number of thioether (sulfide) groups is 1. The second-order valence-electron chi connectivity index (χ2n) is 4.49. The van der Waals surface area contributed by atoms with E-state index in [1.807, 2.05) is 0 Å². The van der Waals surface area contributed by atoms with E-state index in [4.69, 9.17) is 4.74 Å². The number of hydrogen-bond acceptors (Lipinski definition) is 2. The lowest BCUT2D eigenvalue weighted by Gasteiger charge is -2.21. The first-order valence-electron chi connectivity index (χ1n) is 6.15. The van der Waals surface area contributed by atoms with E-state index >= 15 is 0 Å². The molecule has 0 saturated heterocycles. The van der Waals surface area contributed by atoms with Gasteiger partial charge in [0.05, 0.1) is 6.61 Å². The number of benzene rings is 1. The predicted octanol–water partition coefficient (Wildman–Crippen LogP) is 4.37. The van der Waals surface area contributed by atoms with Crippen molar-refractivity contribution in [2.24, 2.45) is 5.92 Å². The van der Waals surface area contributed by atoms with E-state index < -0.39 is 0 Å². The van der Waals surface area contributed by atoms with Crippen LogP contribution in [0, 0.1) is 5.92 Å². The van der Waals surface area contributed by atoms with Crippen molar-refractivity contribution in [3.63, 3.8) is 0 Å². The summed E-state index contributed by atoms with van der Waals surface area (Å²) in [6, 6.07) is 8.39. The van der Waals surface area contributed by atoms with Crippen molar-refractivity contribution in [2.75, 3.05) is 12.9 Å². The van der Waals surface area contributed by atoms with Crippen LogP contribution in [0.5, 0.6) is 5.75 Å². The fourth-order valence-electron chi connectivity index (χ4n) is 2.26. The van der Waals surface area contributed by atoms with Crippen molar-refractivity contribution in [2.45, 2.75) is 37.0 Å². The first-order chi connectivity index (χ1) is 7.88. The van der Waals surface area contributed by atoms with E-state index in [0.717, 1.165) is 18.3 Å². The van der Waals surface area contributed by atoms with Crippen LogP contribution in [-0.2, 0) is 0 Å². The Morgan fingerprint density at radius 3 is 2.81 bits per heavy atom. The van der Waals surface area contributed by atoms with Crippen molar-refractivity contribution < 1.29 is 4.74 Å². The standard InChI is InChI=1S/C14H20OS/c1-16-14-9-5-8-13(10-14)15-11-12-6-3-2-4-7-12/h5,8-10,12H,2-4,6-7,11H2,1H3. The molecule has 0 bridgehead atoms. The van der Waals surface area contributed by atoms with Crippen molar-refractivity contribution >= 4 is 11.8 Å². The third kappa shape index (κ3) is 3.44. The number of hydrogen-bond donors (Lipinski definition) is 0. The van der Waals surface area contributed by atoms with Crippen LogP contribution in [0.1, 0.15) is 32.1 Å². The van der Waals surface area contributed by atoms with Gasteiger partial charge >= 0.3 is 0 Å². The molecule has 0 amide bonds. The minimum Gasteiger partial charge on any atom is -0.493 e. The zero-order chi connectivity index (χ0) is 11.2. The lowest BCUT2D eigenvalue weighted by molar-refractivity contribution is 0.208.